The minimum Gasteiger partial charge on any atom is -0.508 e. The Hall–Kier alpha value is -3.60. The first-order valence-corrected chi connectivity index (χ1v) is 16.4. The number of rotatable bonds is 8. The summed E-state index contributed by atoms with van der Waals surface area (Å²) in [6.07, 6.45) is 5.92. The lowest BCUT2D eigenvalue weighted by atomic mass is 9.92. The summed E-state index contributed by atoms with van der Waals surface area (Å²) < 4.78 is 44.9. The van der Waals surface area contributed by atoms with E-state index in [1.54, 1.807) is 6.07 Å². The van der Waals surface area contributed by atoms with Crippen LogP contribution in [0.3, 0.4) is 0 Å². The SMILES string of the molecule is CCc1cccc2cc(O)cc(-c3c(F)cc4c(N5CC6CCC(C5)N6)nc(OCCCN5C6CCC5COC6)nc4c3F)c12. The van der Waals surface area contributed by atoms with Gasteiger partial charge in [-0.05, 0) is 78.6 Å². The number of phenols is 1. The van der Waals surface area contributed by atoms with Crippen LogP contribution >= 0.6 is 0 Å². The lowest BCUT2D eigenvalue weighted by molar-refractivity contribution is -0.0161. The molecule has 4 aromatic rings. The Labute approximate surface area is 261 Å². The number of anilines is 1. The quantitative estimate of drug-likeness (QED) is 0.249. The molecule has 10 heteroatoms. The lowest BCUT2D eigenvalue weighted by Gasteiger charge is -2.34. The molecule has 4 saturated heterocycles. The zero-order valence-corrected chi connectivity index (χ0v) is 25.6. The number of benzene rings is 3. The first-order valence-electron chi connectivity index (χ1n) is 16.4. The van der Waals surface area contributed by atoms with Gasteiger partial charge in [0.1, 0.15) is 22.9 Å². The van der Waals surface area contributed by atoms with Crippen LogP contribution in [0.1, 0.15) is 44.6 Å². The van der Waals surface area contributed by atoms with Crippen molar-refractivity contribution >= 4 is 27.5 Å². The van der Waals surface area contributed by atoms with E-state index in [1.165, 1.54) is 25.0 Å². The molecule has 0 aliphatic carbocycles. The molecule has 4 fully saturated rings. The molecule has 4 aliphatic rings. The zero-order chi connectivity index (χ0) is 30.7. The van der Waals surface area contributed by atoms with E-state index in [0.717, 1.165) is 55.4 Å². The van der Waals surface area contributed by atoms with Gasteiger partial charge in [-0.1, -0.05) is 25.1 Å². The Balaban J connectivity index is 1.19. The zero-order valence-electron chi connectivity index (χ0n) is 25.6. The molecule has 236 valence electrons. The van der Waals surface area contributed by atoms with Gasteiger partial charge in [-0.2, -0.15) is 9.97 Å². The Bertz CT molecular complexity index is 1740. The van der Waals surface area contributed by atoms with Gasteiger partial charge in [-0.25, -0.2) is 8.78 Å². The minimum absolute atomic E-state index is 0.0222. The van der Waals surface area contributed by atoms with E-state index >= 15 is 8.78 Å². The summed E-state index contributed by atoms with van der Waals surface area (Å²) >= 11 is 0. The third-order valence-electron chi connectivity index (χ3n) is 10.2. The predicted octanol–water partition coefficient (Wildman–Crippen LogP) is 5.57. The Morgan fingerprint density at radius 1 is 1.02 bits per heavy atom. The first-order chi connectivity index (χ1) is 22.0. The smallest absolute Gasteiger partial charge is 0.319 e. The number of nitrogens with zero attached hydrogens (tertiary/aromatic N) is 4. The Morgan fingerprint density at radius 2 is 1.80 bits per heavy atom. The van der Waals surface area contributed by atoms with Gasteiger partial charge in [0.25, 0.3) is 0 Å². The summed E-state index contributed by atoms with van der Waals surface area (Å²) in [5.41, 5.74) is 1.07. The van der Waals surface area contributed by atoms with Crippen LogP contribution in [-0.4, -0.2) is 83.6 Å². The second-order valence-electron chi connectivity index (χ2n) is 13.0. The average molecular weight is 616 g/mol. The van der Waals surface area contributed by atoms with Crippen molar-refractivity contribution in [3.8, 4) is 22.9 Å². The monoisotopic (exact) mass is 615 g/mol. The topological polar surface area (TPSA) is 83.0 Å². The number of nitrogens with one attached hydrogen (secondary N) is 1. The molecular formula is C35H39F2N5O3. The highest BCUT2D eigenvalue weighted by Crippen LogP contribution is 2.41. The number of hydrogen-bond acceptors (Lipinski definition) is 8. The van der Waals surface area contributed by atoms with E-state index in [9.17, 15) is 5.11 Å². The highest BCUT2D eigenvalue weighted by Gasteiger charge is 2.37. The molecular weight excluding hydrogens is 576 g/mol. The van der Waals surface area contributed by atoms with Crippen LogP contribution in [-0.2, 0) is 11.2 Å². The number of ether oxygens (including phenoxy) is 2. The van der Waals surface area contributed by atoms with Crippen LogP contribution in [0, 0.1) is 11.6 Å². The van der Waals surface area contributed by atoms with Crippen molar-refractivity contribution in [3.05, 3.63) is 53.6 Å². The van der Waals surface area contributed by atoms with Gasteiger partial charge in [0, 0.05) is 49.2 Å². The fourth-order valence-electron chi connectivity index (χ4n) is 8.15. The molecule has 3 aromatic carbocycles. The summed E-state index contributed by atoms with van der Waals surface area (Å²) in [4.78, 5) is 14.0. The molecule has 4 atom stereocenters. The maximum Gasteiger partial charge on any atom is 0.319 e. The number of aromatic nitrogens is 2. The molecule has 0 spiro atoms. The van der Waals surface area contributed by atoms with Gasteiger partial charge in [0.05, 0.1) is 25.4 Å². The maximum absolute atomic E-state index is 16.8. The van der Waals surface area contributed by atoms with Crippen LogP contribution in [0.25, 0.3) is 32.8 Å². The van der Waals surface area contributed by atoms with Gasteiger partial charge >= 0.3 is 6.01 Å². The van der Waals surface area contributed by atoms with E-state index in [2.05, 4.69) is 20.1 Å². The van der Waals surface area contributed by atoms with E-state index in [-0.39, 0.29) is 22.8 Å². The third-order valence-corrected chi connectivity index (χ3v) is 10.2. The fraction of sp³-hybridized carbons (Fsp3) is 0.486. The van der Waals surface area contributed by atoms with Crippen molar-refractivity contribution in [2.24, 2.45) is 0 Å². The van der Waals surface area contributed by atoms with E-state index < -0.39 is 11.6 Å². The molecule has 0 saturated carbocycles. The number of phenolic OH excluding ortho intramolecular Hbond substituents is 1. The van der Waals surface area contributed by atoms with Crippen molar-refractivity contribution in [1.82, 2.24) is 20.2 Å². The van der Waals surface area contributed by atoms with Gasteiger partial charge in [-0.15, -0.1) is 0 Å². The lowest BCUT2D eigenvalue weighted by Crippen LogP contribution is -2.51. The number of piperazine rings is 1. The van der Waals surface area contributed by atoms with E-state index in [0.29, 0.717) is 67.1 Å². The van der Waals surface area contributed by atoms with Crippen LogP contribution < -0.4 is 15.0 Å². The van der Waals surface area contributed by atoms with E-state index in [4.69, 9.17) is 14.5 Å². The molecule has 2 N–H and O–H groups in total. The normalized spacial score (nSPS) is 24.6. The van der Waals surface area contributed by atoms with Crippen LogP contribution in [0.2, 0.25) is 0 Å². The summed E-state index contributed by atoms with van der Waals surface area (Å²) in [6, 6.07) is 11.8. The third kappa shape index (κ3) is 5.16. The molecule has 4 unspecified atom stereocenters. The fourth-order valence-corrected chi connectivity index (χ4v) is 8.15. The molecule has 5 heterocycles. The molecule has 0 radical (unpaired) electrons. The minimum atomic E-state index is -0.778. The van der Waals surface area contributed by atoms with Gasteiger partial charge < -0.3 is 24.8 Å². The Morgan fingerprint density at radius 3 is 2.56 bits per heavy atom. The molecule has 4 aliphatic heterocycles. The van der Waals surface area contributed by atoms with Crippen LogP contribution in [0.4, 0.5) is 14.6 Å². The summed E-state index contributed by atoms with van der Waals surface area (Å²) in [7, 11) is 0. The predicted molar refractivity (Wildman–Crippen MR) is 170 cm³/mol. The number of morpholine rings is 1. The summed E-state index contributed by atoms with van der Waals surface area (Å²) in [5, 5.41) is 16.0. The second-order valence-corrected chi connectivity index (χ2v) is 13.0. The molecule has 8 rings (SSSR count). The number of halogens is 2. The van der Waals surface area contributed by atoms with Crippen LogP contribution in [0.5, 0.6) is 11.8 Å². The standard InChI is InChI=1S/C35H39F2N5O3/c1-2-20-5-3-6-21-13-26(43)14-27(30(20)21)31-29(36)15-28-33(32(31)37)39-35(40-34(28)41-16-22-7-8-23(17-41)38-22)45-12-4-11-42-24-9-10-25(42)19-44-18-24/h3,5-6,13-15,22-25,38,43H,2,4,7-12,16-19H2,1H3. The maximum atomic E-state index is 16.8. The number of hydrogen-bond donors (Lipinski definition) is 2. The van der Waals surface area contributed by atoms with Gasteiger partial charge in [0.15, 0.2) is 5.82 Å². The largest absolute Gasteiger partial charge is 0.508 e. The second kappa shape index (κ2) is 11.6. The van der Waals surface area contributed by atoms with E-state index in [1.807, 2.05) is 25.1 Å². The Kier molecular flexibility index (Phi) is 7.46. The molecule has 4 bridgehead atoms. The van der Waals surface area contributed by atoms with Crippen LogP contribution in [0.15, 0.2) is 36.4 Å². The molecule has 8 nitrogen and oxygen atoms in total. The number of aromatic hydroxyl groups is 1. The van der Waals surface area contributed by atoms with Crippen molar-refractivity contribution in [2.75, 3.05) is 44.4 Å². The number of aryl methyl sites for hydroxylation is 1. The molecule has 45 heavy (non-hydrogen) atoms. The summed E-state index contributed by atoms with van der Waals surface area (Å²) in [6.45, 7) is 6.26. The van der Waals surface area contributed by atoms with Gasteiger partial charge in [0.2, 0.25) is 0 Å². The highest BCUT2D eigenvalue weighted by molar-refractivity contribution is 6.03. The molecule has 0 amide bonds. The van der Waals surface area contributed by atoms with Crippen molar-refractivity contribution in [1.29, 1.82) is 0 Å². The van der Waals surface area contributed by atoms with Crippen molar-refractivity contribution < 1.29 is 23.4 Å². The highest BCUT2D eigenvalue weighted by atomic mass is 19.1. The summed E-state index contributed by atoms with van der Waals surface area (Å²) in [5.74, 6) is -1.05. The first kappa shape index (κ1) is 28.8. The molecule has 1 aromatic heterocycles. The van der Waals surface area contributed by atoms with Gasteiger partial charge in [-0.3, -0.25) is 4.90 Å². The average Bonchev–Trinajstić information content (AvgIpc) is 3.48. The van der Waals surface area contributed by atoms with Crippen molar-refractivity contribution in [2.45, 2.75) is 69.6 Å². The van der Waals surface area contributed by atoms with Crippen molar-refractivity contribution in [3.63, 3.8) is 0 Å². The number of fused-ring (bicyclic) bond motifs is 6.